The lowest BCUT2D eigenvalue weighted by molar-refractivity contribution is -0.116. The lowest BCUT2D eigenvalue weighted by Crippen LogP contribution is -2.27. The molecule has 0 atom stereocenters. The van der Waals surface area contributed by atoms with Crippen LogP contribution in [0.25, 0.3) is 20.7 Å². The minimum Gasteiger partial charge on any atom is -0.324 e. The van der Waals surface area contributed by atoms with Gasteiger partial charge in [0.1, 0.15) is 11.4 Å². The average molecular weight is 501 g/mol. The van der Waals surface area contributed by atoms with Crippen molar-refractivity contribution in [1.29, 1.82) is 0 Å². The van der Waals surface area contributed by atoms with E-state index in [2.05, 4.69) is 32.9 Å². The van der Waals surface area contributed by atoms with Crippen molar-refractivity contribution in [3.63, 3.8) is 0 Å². The molecule has 140 valence electrons. The molecule has 1 N–H and O–H groups in total. The first-order valence-corrected chi connectivity index (χ1v) is 10.5. The maximum Gasteiger partial charge on any atom is 0.262 e. The molecule has 2 aromatic heterocycles. The molecular formula is C21H16IN3O2S. The first-order valence-electron chi connectivity index (χ1n) is 8.61. The first-order chi connectivity index (χ1) is 13.5. The molecule has 0 fully saturated rings. The third-order valence-corrected chi connectivity index (χ3v) is 6.12. The van der Waals surface area contributed by atoms with E-state index in [0.29, 0.717) is 10.2 Å². The smallest absolute Gasteiger partial charge is 0.262 e. The number of fused-ring (bicyclic) bond motifs is 1. The lowest BCUT2D eigenvalue weighted by atomic mass is 10.2. The molecule has 0 spiro atoms. The molecule has 0 radical (unpaired) electrons. The number of nitrogens with one attached hydrogen (secondary N) is 1. The van der Waals surface area contributed by atoms with Crippen molar-refractivity contribution in [3.8, 4) is 10.4 Å². The molecule has 0 bridgehead atoms. The number of carbonyl (C=O) groups is 1. The number of hydrogen-bond acceptors (Lipinski definition) is 4. The number of aromatic nitrogens is 2. The highest BCUT2D eigenvalue weighted by Crippen LogP contribution is 2.30. The Labute approximate surface area is 179 Å². The molecule has 0 unspecified atom stereocenters. The quantitative estimate of drug-likeness (QED) is 0.414. The maximum atomic E-state index is 12.8. The van der Waals surface area contributed by atoms with Crippen molar-refractivity contribution in [2.45, 2.75) is 13.5 Å². The van der Waals surface area contributed by atoms with E-state index in [1.54, 1.807) is 0 Å². The zero-order valence-electron chi connectivity index (χ0n) is 15.0. The number of anilines is 1. The maximum absolute atomic E-state index is 12.8. The SMILES string of the molecule is Cc1cc(I)ccc1NC(=O)Cn1cnc2sc(-c3ccccc3)cc2c1=O. The van der Waals surface area contributed by atoms with Gasteiger partial charge in [-0.2, -0.15) is 0 Å². The molecule has 2 aromatic carbocycles. The summed E-state index contributed by atoms with van der Waals surface area (Å²) in [5.74, 6) is -0.258. The van der Waals surface area contributed by atoms with Crippen LogP contribution in [0.2, 0.25) is 0 Å². The van der Waals surface area contributed by atoms with E-state index in [1.165, 1.54) is 22.2 Å². The van der Waals surface area contributed by atoms with Gasteiger partial charge in [0, 0.05) is 14.1 Å². The van der Waals surface area contributed by atoms with Gasteiger partial charge in [0.05, 0.1) is 11.7 Å². The third kappa shape index (κ3) is 3.85. The number of amides is 1. The van der Waals surface area contributed by atoms with Gasteiger partial charge in [0.2, 0.25) is 5.91 Å². The van der Waals surface area contributed by atoms with Crippen LogP contribution in [-0.4, -0.2) is 15.5 Å². The second-order valence-corrected chi connectivity index (χ2v) is 8.66. The predicted octanol–water partition coefficient (Wildman–Crippen LogP) is 4.68. The van der Waals surface area contributed by atoms with Crippen molar-refractivity contribution < 1.29 is 4.79 Å². The van der Waals surface area contributed by atoms with Crippen molar-refractivity contribution in [3.05, 3.63) is 80.4 Å². The number of benzene rings is 2. The molecule has 5 nitrogen and oxygen atoms in total. The Bertz CT molecular complexity index is 1230. The number of hydrogen-bond donors (Lipinski definition) is 1. The zero-order valence-corrected chi connectivity index (χ0v) is 18.0. The Kier molecular flexibility index (Phi) is 5.27. The van der Waals surface area contributed by atoms with Crippen molar-refractivity contribution >= 4 is 55.7 Å². The number of thiophene rings is 1. The van der Waals surface area contributed by atoms with Gasteiger partial charge < -0.3 is 5.32 Å². The third-order valence-electron chi connectivity index (χ3n) is 4.35. The fourth-order valence-electron chi connectivity index (χ4n) is 2.93. The zero-order chi connectivity index (χ0) is 19.7. The number of rotatable bonds is 4. The van der Waals surface area contributed by atoms with Crippen LogP contribution in [0.1, 0.15) is 5.56 Å². The Morgan fingerprint density at radius 3 is 2.71 bits per heavy atom. The summed E-state index contributed by atoms with van der Waals surface area (Å²) in [5.41, 5.74) is 2.56. The van der Waals surface area contributed by atoms with Crippen LogP contribution in [-0.2, 0) is 11.3 Å². The second kappa shape index (κ2) is 7.84. The highest BCUT2D eigenvalue weighted by molar-refractivity contribution is 14.1. The molecule has 0 aliphatic carbocycles. The summed E-state index contributed by atoms with van der Waals surface area (Å²) >= 11 is 3.70. The first kappa shape index (κ1) is 18.8. The molecule has 7 heteroatoms. The number of halogens is 1. The van der Waals surface area contributed by atoms with Crippen LogP contribution in [0.5, 0.6) is 0 Å². The standard InChI is InChI=1S/C21H16IN3O2S/c1-13-9-15(22)7-8-17(13)24-19(26)11-25-12-23-20-16(21(25)27)10-18(28-20)14-5-3-2-4-6-14/h2-10,12H,11H2,1H3,(H,24,26). The van der Waals surface area contributed by atoms with E-state index in [-0.39, 0.29) is 18.0 Å². The molecule has 0 saturated heterocycles. The predicted molar refractivity (Wildman–Crippen MR) is 122 cm³/mol. The van der Waals surface area contributed by atoms with Crippen LogP contribution < -0.4 is 10.9 Å². The molecule has 0 aliphatic rings. The van der Waals surface area contributed by atoms with Gasteiger partial charge in [-0.1, -0.05) is 30.3 Å². The largest absolute Gasteiger partial charge is 0.324 e. The molecule has 4 aromatic rings. The topological polar surface area (TPSA) is 64.0 Å². The van der Waals surface area contributed by atoms with Gasteiger partial charge in [-0.05, 0) is 64.9 Å². The van der Waals surface area contributed by atoms with Crippen LogP contribution >= 0.6 is 33.9 Å². The minimum atomic E-state index is -0.258. The summed E-state index contributed by atoms with van der Waals surface area (Å²) < 4.78 is 2.45. The lowest BCUT2D eigenvalue weighted by Gasteiger charge is -2.10. The van der Waals surface area contributed by atoms with E-state index >= 15 is 0 Å². The normalized spacial score (nSPS) is 10.9. The van der Waals surface area contributed by atoms with E-state index in [4.69, 9.17) is 0 Å². The summed E-state index contributed by atoms with van der Waals surface area (Å²) in [5, 5.41) is 3.40. The van der Waals surface area contributed by atoms with Crippen LogP contribution in [0, 0.1) is 10.5 Å². The summed E-state index contributed by atoms with van der Waals surface area (Å²) in [6.07, 6.45) is 1.44. The summed E-state index contributed by atoms with van der Waals surface area (Å²) in [6.45, 7) is 1.86. The van der Waals surface area contributed by atoms with Crippen LogP contribution in [0.15, 0.2) is 65.7 Å². The minimum absolute atomic E-state index is 0.0796. The number of aryl methyl sites for hydroxylation is 1. The van der Waals surface area contributed by atoms with Gasteiger partial charge in [-0.25, -0.2) is 4.98 Å². The fourth-order valence-corrected chi connectivity index (χ4v) is 4.57. The second-order valence-electron chi connectivity index (χ2n) is 6.38. The Hall–Kier alpha value is -2.52. The Balaban J connectivity index is 1.59. The van der Waals surface area contributed by atoms with Gasteiger partial charge in [-0.3, -0.25) is 14.2 Å². The van der Waals surface area contributed by atoms with Gasteiger partial charge >= 0.3 is 0 Å². The molecule has 28 heavy (non-hydrogen) atoms. The van der Waals surface area contributed by atoms with Crippen LogP contribution in [0.3, 0.4) is 0 Å². The van der Waals surface area contributed by atoms with E-state index in [1.807, 2.05) is 61.5 Å². The average Bonchev–Trinajstić information content (AvgIpc) is 3.12. The molecular weight excluding hydrogens is 485 g/mol. The van der Waals surface area contributed by atoms with E-state index < -0.39 is 0 Å². The Morgan fingerprint density at radius 1 is 1.18 bits per heavy atom. The van der Waals surface area contributed by atoms with E-state index in [9.17, 15) is 9.59 Å². The fraction of sp³-hybridized carbons (Fsp3) is 0.0952. The highest BCUT2D eigenvalue weighted by atomic mass is 127. The van der Waals surface area contributed by atoms with E-state index in [0.717, 1.165) is 25.3 Å². The van der Waals surface area contributed by atoms with Gasteiger partial charge in [0.25, 0.3) is 5.56 Å². The monoisotopic (exact) mass is 501 g/mol. The number of nitrogens with zero attached hydrogens (tertiary/aromatic N) is 2. The van der Waals surface area contributed by atoms with Crippen molar-refractivity contribution in [2.24, 2.45) is 0 Å². The summed E-state index contributed by atoms with van der Waals surface area (Å²) in [6, 6.07) is 17.5. The van der Waals surface area contributed by atoms with Crippen LogP contribution in [0.4, 0.5) is 5.69 Å². The molecule has 0 saturated carbocycles. The molecule has 4 rings (SSSR count). The summed E-state index contributed by atoms with van der Waals surface area (Å²) in [7, 11) is 0. The number of carbonyl (C=O) groups excluding carboxylic acids is 1. The summed E-state index contributed by atoms with van der Waals surface area (Å²) in [4.78, 5) is 31.3. The van der Waals surface area contributed by atoms with Gasteiger partial charge in [0.15, 0.2) is 0 Å². The van der Waals surface area contributed by atoms with Crippen molar-refractivity contribution in [1.82, 2.24) is 9.55 Å². The van der Waals surface area contributed by atoms with Gasteiger partial charge in [-0.15, -0.1) is 11.3 Å². The molecule has 1 amide bonds. The van der Waals surface area contributed by atoms with Crippen molar-refractivity contribution in [2.75, 3.05) is 5.32 Å². The molecule has 0 aliphatic heterocycles. The molecule has 2 heterocycles. The Morgan fingerprint density at radius 2 is 1.96 bits per heavy atom. The highest BCUT2D eigenvalue weighted by Gasteiger charge is 2.13.